The van der Waals surface area contributed by atoms with Crippen LogP contribution in [0.25, 0.3) is 32.9 Å². The second kappa shape index (κ2) is 14.0. The number of benzene rings is 7. The van der Waals surface area contributed by atoms with Gasteiger partial charge >= 0.3 is 0 Å². The molecule has 0 spiro atoms. The summed E-state index contributed by atoms with van der Waals surface area (Å²) in [5, 5.41) is 2.45. The van der Waals surface area contributed by atoms with Crippen LogP contribution in [-0.4, -0.2) is 22.2 Å². The van der Waals surface area contributed by atoms with Crippen LogP contribution in [0, 0.1) is 5.92 Å². The Kier molecular flexibility index (Phi) is 8.33. The summed E-state index contributed by atoms with van der Waals surface area (Å²) in [4.78, 5) is 10.3. The summed E-state index contributed by atoms with van der Waals surface area (Å²) in [5.74, 6) is 0.323. The Morgan fingerprint density at radius 2 is 1.17 bits per heavy atom. The predicted octanol–water partition coefficient (Wildman–Crippen LogP) is 13.2. The molecule has 0 fully saturated rings. The highest BCUT2D eigenvalue weighted by atomic mass is 15.4. The molecule has 8 aromatic rings. The minimum absolute atomic E-state index is 0.306. The Hall–Kier alpha value is -7.17. The molecule has 1 aliphatic heterocycles. The van der Waals surface area contributed by atoms with Gasteiger partial charge in [0.1, 0.15) is 0 Å². The number of allylic oxidation sites excluding steroid dienone is 5. The zero-order valence-corrected chi connectivity index (χ0v) is 33.3. The highest BCUT2D eigenvalue weighted by Crippen LogP contribution is 2.56. The van der Waals surface area contributed by atoms with Gasteiger partial charge in [-0.2, -0.15) is 0 Å². The molecule has 0 amide bonds. The predicted molar refractivity (Wildman–Crippen MR) is 245 cm³/mol. The first-order valence-corrected chi connectivity index (χ1v) is 20.7. The molecule has 1 aromatic heterocycles. The molecule has 0 bridgehead atoms. The maximum absolute atomic E-state index is 5.66. The third kappa shape index (κ3) is 5.47. The summed E-state index contributed by atoms with van der Waals surface area (Å²) in [6.45, 7) is 2.33. The van der Waals surface area contributed by atoms with Crippen molar-refractivity contribution in [3.05, 3.63) is 240 Å². The summed E-state index contributed by atoms with van der Waals surface area (Å²) >= 11 is 0. The van der Waals surface area contributed by atoms with Gasteiger partial charge in [-0.3, -0.25) is 0 Å². The molecule has 2 unspecified atom stereocenters. The minimum Gasteiger partial charge on any atom is -0.342 e. The first kappa shape index (κ1) is 35.0. The molecule has 284 valence electrons. The topological polar surface area (TPSA) is 23.8 Å². The second-order valence-corrected chi connectivity index (χ2v) is 16.0. The molecule has 0 radical (unpaired) electrons. The van der Waals surface area contributed by atoms with E-state index in [-0.39, 0.29) is 6.29 Å². The normalized spacial score (nSPS) is 17.9. The molecule has 0 saturated heterocycles. The van der Waals surface area contributed by atoms with Crippen LogP contribution in [0.4, 0.5) is 11.4 Å². The summed E-state index contributed by atoms with van der Waals surface area (Å²) in [7, 11) is 2.14. The Labute approximate surface area is 346 Å². The maximum Gasteiger partial charge on any atom is 0.203 e. The van der Waals surface area contributed by atoms with E-state index in [2.05, 4.69) is 235 Å². The quantitative estimate of drug-likeness (QED) is 0.162. The van der Waals surface area contributed by atoms with E-state index in [0.717, 1.165) is 40.1 Å². The van der Waals surface area contributed by atoms with E-state index in [1.54, 1.807) is 0 Å². The van der Waals surface area contributed by atoms with Crippen LogP contribution in [-0.2, 0) is 5.41 Å². The number of fused-ring (bicyclic) bond motifs is 6. The fraction of sp³-hybridized carbons (Fsp3) is 0.109. The molecule has 4 nitrogen and oxygen atoms in total. The van der Waals surface area contributed by atoms with E-state index in [0.29, 0.717) is 5.92 Å². The van der Waals surface area contributed by atoms with E-state index in [1.165, 1.54) is 49.9 Å². The number of hydrogen-bond donors (Lipinski definition) is 0. The highest BCUT2D eigenvalue weighted by Gasteiger charge is 2.46. The molecular formula is C55H44N4. The fourth-order valence-corrected chi connectivity index (χ4v) is 9.98. The summed E-state index contributed by atoms with van der Waals surface area (Å²) in [6, 6.07) is 66.4. The van der Waals surface area contributed by atoms with Crippen LogP contribution in [0.2, 0.25) is 0 Å². The van der Waals surface area contributed by atoms with Crippen molar-refractivity contribution in [2.24, 2.45) is 10.9 Å². The molecule has 0 saturated carbocycles. The van der Waals surface area contributed by atoms with Crippen LogP contribution in [0.3, 0.4) is 0 Å². The molecule has 2 heterocycles. The van der Waals surface area contributed by atoms with Gasteiger partial charge in [-0.25, -0.2) is 4.99 Å². The first-order valence-electron chi connectivity index (χ1n) is 20.7. The number of anilines is 2. The Morgan fingerprint density at radius 1 is 0.593 bits per heavy atom. The molecule has 4 heteroatoms. The third-order valence-electron chi connectivity index (χ3n) is 12.7. The summed E-state index contributed by atoms with van der Waals surface area (Å²) in [5.41, 5.74) is 15.2. The lowest BCUT2D eigenvalue weighted by atomic mass is 9.67. The van der Waals surface area contributed by atoms with Crippen molar-refractivity contribution in [3.8, 4) is 11.1 Å². The molecule has 7 aromatic carbocycles. The number of aromatic nitrogens is 1. The highest BCUT2D eigenvalue weighted by molar-refractivity contribution is 6.12. The maximum atomic E-state index is 5.66. The van der Waals surface area contributed by atoms with E-state index in [9.17, 15) is 0 Å². The van der Waals surface area contributed by atoms with Crippen LogP contribution < -0.4 is 4.90 Å². The van der Waals surface area contributed by atoms with Crippen molar-refractivity contribution in [2.75, 3.05) is 11.9 Å². The van der Waals surface area contributed by atoms with Crippen LogP contribution in [0.5, 0.6) is 0 Å². The van der Waals surface area contributed by atoms with Gasteiger partial charge < -0.3 is 14.4 Å². The Bertz CT molecular complexity index is 2920. The largest absolute Gasteiger partial charge is 0.342 e. The van der Waals surface area contributed by atoms with Gasteiger partial charge in [-0.1, -0.05) is 159 Å². The van der Waals surface area contributed by atoms with Crippen LogP contribution in [0.1, 0.15) is 41.9 Å². The Morgan fingerprint density at radius 3 is 1.85 bits per heavy atom. The van der Waals surface area contributed by atoms with Crippen molar-refractivity contribution in [3.63, 3.8) is 0 Å². The average Bonchev–Trinajstić information content (AvgIpc) is 3.79. The molecule has 11 rings (SSSR count). The molecule has 59 heavy (non-hydrogen) atoms. The van der Waals surface area contributed by atoms with Gasteiger partial charge in [0.2, 0.25) is 6.29 Å². The van der Waals surface area contributed by atoms with Gasteiger partial charge in [0, 0.05) is 47.0 Å². The minimum atomic E-state index is -0.495. The van der Waals surface area contributed by atoms with Gasteiger partial charge in [0.25, 0.3) is 0 Å². The average molecular weight is 761 g/mol. The van der Waals surface area contributed by atoms with Gasteiger partial charge in [0.05, 0.1) is 22.2 Å². The summed E-state index contributed by atoms with van der Waals surface area (Å²) < 4.78 is 2.46. The number of hydrogen-bond acceptors (Lipinski definition) is 3. The van der Waals surface area contributed by atoms with Crippen molar-refractivity contribution < 1.29 is 0 Å². The number of aliphatic imine (C=N–C) groups is 1. The smallest absolute Gasteiger partial charge is 0.203 e. The van der Waals surface area contributed by atoms with E-state index >= 15 is 0 Å². The standard InChI is InChI=1S/C55H44N4/c1-38-30-31-39(36-52(38)58(42-20-8-4-9-21-42)43-22-10-5-11-23-43)50-34-35-57(2)54(56-50)59-51-29-17-14-26-46(51)47-33-32-41(37-53(47)59)55(40-18-6-3-7-19-40)48-27-15-12-24-44(48)45-25-13-16-28-49(45)55/h3-29,31-38,54H,30H2,1-2H3. The Balaban J connectivity index is 1.09. The molecule has 2 aliphatic carbocycles. The van der Waals surface area contributed by atoms with Gasteiger partial charge in [0.15, 0.2) is 0 Å². The lowest BCUT2D eigenvalue weighted by Crippen LogP contribution is -2.30. The van der Waals surface area contributed by atoms with Crippen molar-refractivity contribution in [1.82, 2.24) is 9.47 Å². The second-order valence-electron chi connectivity index (χ2n) is 16.0. The van der Waals surface area contributed by atoms with Crippen LogP contribution in [0.15, 0.2) is 223 Å². The number of para-hydroxylation sites is 3. The van der Waals surface area contributed by atoms with Crippen molar-refractivity contribution in [1.29, 1.82) is 0 Å². The van der Waals surface area contributed by atoms with E-state index in [1.807, 2.05) is 0 Å². The zero-order valence-electron chi connectivity index (χ0n) is 33.3. The fourth-order valence-electron chi connectivity index (χ4n) is 9.98. The number of nitrogens with zero attached hydrogens (tertiary/aromatic N) is 4. The first-order chi connectivity index (χ1) is 29.1. The lowest BCUT2D eigenvalue weighted by molar-refractivity contribution is 0.266. The van der Waals surface area contributed by atoms with Crippen LogP contribution >= 0.6 is 0 Å². The molecule has 2 atom stereocenters. The van der Waals surface area contributed by atoms with Crippen molar-refractivity contribution >= 4 is 38.9 Å². The molecule has 0 N–H and O–H groups in total. The lowest BCUT2D eigenvalue weighted by Gasteiger charge is -2.35. The summed E-state index contributed by atoms with van der Waals surface area (Å²) in [6.07, 6.45) is 9.73. The number of rotatable bonds is 7. The zero-order chi connectivity index (χ0) is 39.5. The molecule has 3 aliphatic rings. The van der Waals surface area contributed by atoms with Gasteiger partial charge in [-0.15, -0.1) is 0 Å². The third-order valence-corrected chi connectivity index (χ3v) is 12.7. The monoisotopic (exact) mass is 760 g/mol. The van der Waals surface area contributed by atoms with Crippen molar-refractivity contribution in [2.45, 2.75) is 25.0 Å². The molecular weight excluding hydrogens is 717 g/mol. The van der Waals surface area contributed by atoms with E-state index < -0.39 is 5.41 Å². The van der Waals surface area contributed by atoms with E-state index in [4.69, 9.17) is 4.99 Å². The SMILES string of the molecule is CC1CC=C(C2=NC(n3c4ccccc4c4ccc(C5(c6ccccc6)c6ccccc6-c6ccccc65)cc43)N(C)C=C2)C=C1N(c1ccccc1)c1ccccc1. The van der Waals surface area contributed by atoms with Gasteiger partial charge in [-0.05, 0) is 93.9 Å².